The summed E-state index contributed by atoms with van der Waals surface area (Å²) in [5.41, 5.74) is 1.81. The first-order valence-electron chi connectivity index (χ1n) is 5.94. The van der Waals surface area contributed by atoms with E-state index in [1.54, 1.807) is 12.1 Å². The smallest absolute Gasteiger partial charge is 0.255 e. The van der Waals surface area contributed by atoms with Gasteiger partial charge in [0, 0.05) is 17.1 Å². The van der Waals surface area contributed by atoms with Gasteiger partial charge in [-0.3, -0.25) is 4.79 Å². The summed E-state index contributed by atoms with van der Waals surface area (Å²) < 4.78 is 18.3. The molecule has 0 radical (unpaired) electrons. The predicted octanol–water partition coefficient (Wildman–Crippen LogP) is 3.83. The zero-order chi connectivity index (χ0) is 14.5. The normalized spacial score (nSPS) is 10.2. The van der Waals surface area contributed by atoms with Gasteiger partial charge in [-0.05, 0) is 35.9 Å². The highest BCUT2D eigenvalue weighted by atomic mass is 35.5. The highest BCUT2D eigenvalue weighted by Crippen LogP contribution is 2.19. The van der Waals surface area contributed by atoms with E-state index < -0.39 is 5.82 Å². The van der Waals surface area contributed by atoms with Gasteiger partial charge in [0.05, 0.1) is 7.11 Å². The zero-order valence-electron chi connectivity index (χ0n) is 10.8. The number of alkyl halides is 1. The van der Waals surface area contributed by atoms with Crippen LogP contribution in [-0.4, -0.2) is 13.0 Å². The summed E-state index contributed by atoms with van der Waals surface area (Å²) in [7, 11) is 1.37. The average Bonchev–Trinajstić information content (AvgIpc) is 2.48. The van der Waals surface area contributed by atoms with Gasteiger partial charge >= 0.3 is 0 Å². The van der Waals surface area contributed by atoms with Crippen LogP contribution in [0.3, 0.4) is 0 Å². The van der Waals surface area contributed by atoms with E-state index >= 15 is 0 Å². The topological polar surface area (TPSA) is 38.3 Å². The molecule has 2 rings (SSSR count). The minimum absolute atomic E-state index is 0.105. The molecule has 0 unspecified atom stereocenters. The minimum atomic E-state index is -0.572. The molecule has 1 N–H and O–H groups in total. The molecule has 3 nitrogen and oxygen atoms in total. The average molecular weight is 294 g/mol. The van der Waals surface area contributed by atoms with Gasteiger partial charge < -0.3 is 10.1 Å². The van der Waals surface area contributed by atoms with Crippen LogP contribution in [-0.2, 0) is 5.88 Å². The zero-order valence-corrected chi connectivity index (χ0v) is 11.6. The van der Waals surface area contributed by atoms with Crippen LogP contribution in [0.5, 0.6) is 5.75 Å². The number of methoxy groups -OCH3 is 1. The van der Waals surface area contributed by atoms with Gasteiger partial charge in [0.1, 0.15) is 0 Å². The summed E-state index contributed by atoms with van der Waals surface area (Å²) >= 11 is 5.69. The van der Waals surface area contributed by atoms with E-state index in [1.807, 2.05) is 12.1 Å². The second-order valence-corrected chi connectivity index (χ2v) is 4.40. The number of rotatable bonds is 4. The number of hydrogen-bond acceptors (Lipinski definition) is 2. The number of amides is 1. The van der Waals surface area contributed by atoms with Crippen LogP contribution in [0.15, 0.2) is 42.5 Å². The van der Waals surface area contributed by atoms with Crippen molar-refractivity contribution in [1.82, 2.24) is 0 Å². The molecule has 0 aliphatic rings. The monoisotopic (exact) mass is 293 g/mol. The Kier molecular flexibility index (Phi) is 4.58. The Hall–Kier alpha value is -2.07. The Balaban J connectivity index is 2.12. The summed E-state index contributed by atoms with van der Waals surface area (Å²) in [6.07, 6.45) is 0. The van der Waals surface area contributed by atoms with Crippen molar-refractivity contribution in [2.24, 2.45) is 0 Å². The maximum Gasteiger partial charge on any atom is 0.255 e. The molecule has 2 aromatic rings. The van der Waals surface area contributed by atoms with Crippen molar-refractivity contribution in [2.45, 2.75) is 5.88 Å². The van der Waals surface area contributed by atoms with Crippen LogP contribution in [0.1, 0.15) is 15.9 Å². The Morgan fingerprint density at radius 1 is 1.25 bits per heavy atom. The van der Waals surface area contributed by atoms with Gasteiger partial charge in [-0.15, -0.1) is 11.6 Å². The van der Waals surface area contributed by atoms with Crippen molar-refractivity contribution in [3.8, 4) is 5.75 Å². The molecular weight excluding hydrogens is 281 g/mol. The van der Waals surface area contributed by atoms with E-state index in [0.717, 1.165) is 11.6 Å². The Morgan fingerprint density at radius 2 is 1.95 bits per heavy atom. The molecule has 0 atom stereocenters. The number of carbonyl (C=O) groups excluding carboxylic acids is 1. The van der Waals surface area contributed by atoms with Gasteiger partial charge in [0.15, 0.2) is 11.6 Å². The lowest BCUT2D eigenvalue weighted by Gasteiger charge is -2.07. The number of anilines is 1. The summed E-state index contributed by atoms with van der Waals surface area (Å²) in [4.78, 5) is 12.0. The number of nitrogens with one attached hydrogen (secondary N) is 1. The third kappa shape index (κ3) is 3.27. The van der Waals surface area contributed by atoms with Gasteiger partial charge in [0.2, 0.25) is 0 Å². The van der Waals surface area contributed by atoms with Crippen LogP contribution in [0.2, 0.25) is 0 Å². The van der Waals surface area contributed by atoms with Crippen molar-refractivity contribution in [3.05, 3.63) is 59.4 Å². The van der Waals surface area contributed by atoms with Crippen molar-refractivity contribution in [3.63, 3.8) is 0 Å². The molecular formula is C15H13ClFNO2. The van der Waals surface area contributed by atoms with Crippen molar-refractivity contribution >= 4 is 23.2 Å². The lowest BCUT2D eigenvalue weighted by Crippen LogP contribution is -2.12. The molecule has 0 heterocycles. The summed E-state index contributed by atoms with van der Waals surface area (Å²) in [5.74, 6) is -0.436. The quantitative estimate of drug-likeness (QED) is 0.870. The predicted molar refractivity (Wildman–Crippen MR) is 76.9 cm³/mol. The van der Waals surface area contributed by atoms with Crippen molar-refractivity contribution < 1.29 is 13.9 Å². The SMILES string of the molecule is COc1ccc(C(=O)Nc2ccc(CCl)cc2)cc1F. The molecule has 2 aromatic carbocycles. The lowest BCUT2D eigenvalue weighted by atomic mass is 10.2. The van der Waals surface area contributed by atoms with Gasteiger partial charge in [-0.2, -0.15) is 0 Å². The van der Waals surface area contributed by atoms with Gasteiger partial charge in [-0.1, -0.05) is 12.1 Å². The number of halogens is 2. The second kappa shape index (κ2) is 6.39. The minimum Gasteiger partial charge on any atom is -0.494 e. The van der Waals surface area contributed by atoms with Crippen molar-refractivity contribution in [2.75, 3.05) is 12.4 Å². The fourth-order valence-electron chi connectivity index (χ4n) is 1.69. The van der Waals surface area contributed by atoms with E-state index in [4.69, 9.17) is 16.3 Å². The molecule has 0 spiro atoms. The van der Waals surface area contributed by atoms with E-state index in [1.165, 1.54) is 19.2 Å². The number of ether oxygens (including phenoxy) is 1. The van der Waals surface area contributed by atoms with Gasteiger partial charge in [-0.25, -0.2) is 4.39 Å². The summed E-state index contributed by atoms with van der Waals surface area (Å²) in [6.45, 7) is 0. The number of benzene rings is 2. The van der Waals surface area contributed by atoms with Crippen LogP contribution in [0.25, 0.3) is 0 Å². The molecule has 0 fully saturated rings. The molecule has 104 valence electrons. The molecule has 0 aliphatic carbocycles. The third-order valence-corrected chi connectivity index (χ3v) is 3.09. The fourth-order valence-corrected chi connectivity index (χ4v) is 1.87. The summed E-state index contributed by atoms with van der Waals surface area (Å²) in [5, 5.41) is 2.68. The molecule has 20 heavy (non-hydrogen) atoms. The van der Waals surface area contributed by atoms with E-state index in [9.17, 15) is 9.18 Å². The molecule has 5 heteroatoms. The second-order valence-electron chi connectivity index (χ2n) is 4.13. The van der Waals surface area contributed by atoms with Crippen LogP contribution < -0.4 is 10.1 Å². The maximum atomic E-state index is 13.5. The van der Waals surface area contributed by atoms with Crippen molar-refractivity contribution in [1.29, 1.82) is 0 Å². The van der Waals surface area contributed by atoms with Gasteiger partial charge in [0.25, 0.3) is 5.91 Å². The Labute approximate surface area is 121 Å². The maximum absolute atomic E-state index is 13.5. The molecule has 0 aromatic heterocycles. The molecule has 0 saturated carbocycles. The standard InChI is InChI=1S/C15H13ClFNO2/c1-20-14-7-4-11(8-13(14)17)15(19)18-12-5-2-10(9-16)3-6-12/h2-8H,9H2,1H3,(H,18,19). The number of carbonyl (C=O) groups is 1. The molecule has 0 bridgehead atoms. The Bertz CT molecular complexity index is 614. The molecule has 0 saturated heterocycles. The Morgan fingerprint density at radius 3 is 2.50 bits per heavy atom. The largest absolute Gasteiger partial charge is 0.494 e. The van der Waals surface area contributed by atoms with Crippen LogP contribution in [0, 0.1) is 5.82 Å². The first-order chi connectivity index (χ1) is 9.63. The highest BCUT2D eigenvalue weighted by Gasteiger charge is 2.10. The third-order valence-electron chi connectivity index (χ3n) is 2.78. The fraction of sp³-hybridized carbons (Fsp3) is 0.133. The molecule has 1 amide bonds. The first-order valence-corrected chi connectivity index (χ1v) is 6.47. The van der Waals surface area contributed by atoms with Crippen LogP contribution >= 0.6 is 11.6 Å². The van der Waals surface area contributed by atoms with E-state index in [-0.39, 0.29) is 17.2 Å². The lowest BCUT2D eigenvalue weighted by molar-refractivity contribution is 0.102. The van der Waals surface area contributed by atoms with Crippen LogP contribution in [0.4, 0.5) is 10.1 Å². The summed E-state index contributed by atoms with van der Waals surface area (Å²) in [6, 6.07) is 11.2. The molecule has 0 aliphatic heterocycles. The first kappa shape index (κ1) is 14.3. The number of hydrogen-bond donors (Lipinski definition) is 1. The van der Waals surface area contributed by atoms with E-state index in [0.29, 0.717) is 11.6 Å². The van der Waals surface area contributed by atoms with E-state index in [2.05, 4.69) is 5.32 Å². The highest BCUT2D eigenvalue weighted by molar-refractivity contribution is 6.17.